The van der Waals surface area contributed by atoms with Crippen molar-refractivity contribution in [3.05, 3.63) is 64.4 Å². The number of fused-ring (bicyclic) bond motifs is 1. The van der Waals surface area contributed by atoms with Gasteiger partial charge in [0.2, 0.25) is 17.7 Å². The van der Waals surface area contributed by atoms with Crippen LogP contribution in [0.25, 0.3) is 0 Å². The fourth-order valence-electron chi connectivity index (χ4n) is 7.14. The molecule has 8 nitrogen and oxygen atoms in total. The summed E-state index contributed by atoms with van der Waals surface area (Å²) in [4.78, 5) is 44.6. The number of hydrogen-bond acceptors (Lipinski definition) is 6. The lowest BCUT2D eigenvalue weighted by Gasteiger charge is -2.34. The number of benzene rings is 1. The molecule has 0 unspecified atom stereocenters. The molecule has 0 radical (unpaired) electrons. The molecule has 3 fully saturated rings. The standard InChI is InChI=1S/C31H37N3O5S/c1-30-15-16-31(39-30)25(24(30)27(35)32-19-23-9-6-18-40-23)29(37)34(17-14-20-10-12-22(38-2)13-11-20)26(31)28(36)33-21-7-4-3-5-8-21/h6,9-13,15-16,18,21,24-26H,3-5,7-8,14,17,19H2,1-2H3,(H,32,35)(H,33,36)/t24-,25-,26+,30+,31-/m0/s1. The molecule has 1 spiro atoms. The van der Waals surface area contributed by atoms with E-state index in [4.69, 9.17) is 9.47 Å². The van der Waals surface area contributed by atoms with Crippen LogP contribution in [-0.4, -0.2) is 59.6 Å². The Kier molecular flexibility index (Phi) is 7.21. The van der Waals surface area contributed by atoms with Gasteiger partial charge in [0.1, 0.15) is 17.4 Å². The molecule has 2 bridgehead atoms. The summed E-state index contributed by atoms with van der Waals surface area (Å²) in [6.45, 7) is 2.61. The molecule has 3 aliphatic heterocycles. The van der Waals surface area contributed by atoms with Crippen LogP contribution in [0.15, 0.2) is 53.9 Å². The number of nitrogens with zero attached hydrogens (tertiary/aromatic N) is 1. The highest BCUT2D eigenvalue weighted by Gasteiger charge is 2.76. The lowest BCUT2D eigenvalue weighted by Crippen LogP contribution is -2.57. The molecule has 2 aromatic rings. The molecule has 4 aliphatic rings. The van der Waals surface area contributed by atoms with Gasteiger partial charge in [0.15, 0.2) is 0 Å². The summed E-state index contributed by atoms with van der Waals surface area (Å²) >= 11 is 1.57. The maximum atomic E-state index is 14.2. The summed E-state index contributed by atoms with van der Waals surface area (Å²) in [5, 5.41) is 8.26. The van der Waals surface area contributed by atoms with Crippen molar-refractivity contribution in [1.29, 1.82) is 0 Å². The van der Waals surface area contributed by atoms with Crippen LogP contribution in [0, 0.1) is 11.8 Å². The Bertz CT molecular complexity index is 1290. The Balaban J connectivity index is 1.28. The molecule has 212 valence electrons. The molecule has 9 heteroatoms. The van der Waals surface area contributed by atoms with Gasteiger partial charge in [0.05, 0.1) is 31.1 Å². The number of nitrogens with one attached hydrogen (secondary N) is 2. The van der Waals surface area contributed by atoms with Gasteiger partial charge in [-0.25, -0.2) is 0 Å². The number of methoxy groups -OCH3 is 1. The third-order valence-corrected chi connectivity index (χ3v) is 9.97. The van der Waals surface area contributed by atoms with Crippen molar-refractivity contribution < 1.29 is 23.9 Å². The van der Waals surface area contributed by atoms with Crippen LogP contribution in [0.3, 0.4) is 0 Å². The summed E-state index contributed by atoms with van der Waals surface area (Å²) in [6, 6.07) is 10.9. The van der Waals surface area contributed by atoms with E-state index in [9.17, 15) is 14.4 Å². The number of ether oxygens (including phenoxy) is 2. The first-order valence-corrected chi connectivity index (χ1v) is 15.2. The van der Waals surface area contributed by atoms with Gasteiger partial charge < -0.3 is 25.0 Å². The summed E-state index contributed by atoms with van der Waals surface area (Å²) < 4.78 is 11.9. The number of carbonyl (C=O) groups excluding carboxylic acids is 3. The SMILES string of the molecule is COc1ccc(CCN2C(=O)[C@@H]3[C@@H](C(=O)NCc4cccs4)[C@@]4(C)C=C[C@@]3(O4)[C@H]2C(=O)NC2CCCCC2)cc1. The minimum absolute atomic E-state index is 0.0956. The zero-order valence-electron chi connectivity index (χ0n) is 23.1. The van der Waals surface area contributed by atoms with Gasteiger partial charge in [0.25, 0.3) is 0 Å². The zero-order chi connectivity index (χ0) is 27.9. The summed E-state index contributed by atoms with van der Waals surface area (Å²) in [6.07, 6.45) is 9.59. The van der Waals surface area contributed by atoms with Crippen LogP contribution in [0.4, 0.5) is 0 Å². The smallest absolute Gasteiger partial charge is 0.246 e. The topological polar surface area (TPSA) is 97.0 Å². The number of rotatable bonds is 9. The number of hydrogen-bond donors (Lipinski definition) is 2. The van der Waals surface area contributed by atoms with Crippen molar-refractivity contribution >= 4 is 29.1 Å². The van der Waals surface area contributed by atoms with Gasteiger partial charge in [-0.3, -0.25) is 14.4 Å². The molecule has 6 rings (SSSR count). The van der Waals surface area contributed by atoms with Gasteiger partial charge >= 0.3 is 0 Å². The summed E-state index contributed by atoms with van der Waals surface area (Å²) in [5.41, 5.74) is -1.09. The normalized spacial score (nSPS) is 30.9. The lowest BCUT2D eigenvalue weighted by molar-refractivity contribution is -0.145. The van der Waals surface area contributed by atoms with Crippen molar-refractivity contribution in [3.8, 4) is 5.75 Å². The molecule has 1 aromatic heterocycles. The minimum atomic E-state index is -1.17. The van der Waals surface area contributed by atoms with Crippen LogP contribution in [0.2, 0.25) is 0 Å². The van der Waals surface area contributed by atoms with E-state index in [0.717, 1.165) is 41.9 Å². The molecule has 3 amide bonds. The highest BCUT2D eigenvalue weighted by Crippen LogP contribution is 2.59. The first-order chi connectivity index (χ1) is 19.3. The second kappa shape index (κ2) is 10.7. The highest BCUT2D eigenvalue weighted by atomic mass is 32.1. The van der Waals surface area contributed by atoms with Gasteiger partial charge in [-0.05, 0) is 55.3 Å². The third kappa shape index (κ3) is 4.63. The van der Waals surface area contributed by atoms with E-state index in [1.807, 2.05) is 60.9 Å². The number of carbonyl (C=O) groups is 3. The predicted molar refractivity (Wildman–Crippen MR) is 152 cm³/mol. The molecule has 1 aromatic carbocycles. The molecular weight excluding hydrogens is 526 g/mol. The van der Waals surface area contributed by atoms with Crippen LogP contribution in [0.5, 0.6) is 5.75 Å². The Labute approximate surface area is 239 Å². The van der Waals surface area contributed by atoms with Crippen LogP contribution >= 0.6 is 11.3 Å². The largest absolute Gasteiger partial charge is 0.497 e. The first kappa shape index (κ1) is 27.0. The molecule has 5 atom stereocenters. The predicted octanol–water partition coefficient (Wildman–Crippen LogP) is 3.61. The first-order valence-electron chi connectivity index (χ1n) is 14.3. The molecule has 1 aliphatic carbocycles. The Hall–Kier alpha value is -3.17. The Morgan fingerprint density at radius 2 is 1.88 bits per heavy atom. The third-order valence-electron chi connectivity index (χ3n) is 9.10. The lowest BCUT2D eigenvalue weighted by atomic mass is 9.70. The van der Waals surface area contributed by atoms with Gasteiger partial charge in [-0.2, -0.15) is 0 Å². The molecule has 2 N–H and O–H groups in total. The maximum Gasteiger partial charge on any atom is 0.246 e. The van der Waals surface area contributed by atoms with Crippen LogP contribution in [0.1, 0.15) is 49.5 Å². The second-order valence-corrected chi connectivity index (χ2v) is 12.6. The van der Waals surface area contributed by atoms with Crippen molar-refractivity contribution in [1.82, 2.24) is 15.5 Å². The minimum Gasteiger partial charge on any atom is -0.497 e. The Morgan fingerprint density at radius 1 is 1.10 bits per heavy atom. The summed E-state index contributed by atoms with van der Waals surface area (Å²) in [7, 11) is 1.63. The van der Waals surface area contributed by atoms with Crippen LogP contribution in [-0.2, 0) is 32.1 Å². The van der Waals surface area contributed by atoms with Gasteiger partial charge in [0, 0.05) is 17.5 Å². The van der Waals surface area contributed by atoms with Gasteiger partial charge in [-0.15, -0.1) is 11.3 Å². The molecule has 2 saturated heterocycles. The van der Waals surface area contributed by atoms with Crippen molar-refractivity contribution in [2.24, 2.45) is 11.8 Å². The van der Waals surface area contributed by atoms with E-state index in [1.165, 1.54) is 6.42 Å². The molecule has 4 heterocycles. The van der Waals surface area contributed by atoms with Crippen molar-refractivity contribution in [2.75, 3.05) is 13.7 Å². The molecule has 1 saturated carbocycles. The van der Waals surface area contributed by atoms with Gasteiger partial charge in [-0.1, -0.05) is 49.6 Å². The fraction of sp³-hybridized carbons (Fsp3) is 0.516. The van der Waals surface area contributed by atoms with E-state index >= 15 is 0 Å². The van der Waals surface area contributed by atoms with Crippen molar-refractivity contribution in [3.63, 3.8) is 0 Å². The summed E-state index contributed by atoms with van der Waals surface area (Å²) in [5.74, 6) is -1.32. The number of amides is 3. The molecular formula is C31H37N3O5S. The second-order valence-electron chi connectivity index (χ2n) is 11.6. The Morgan fingerprint density at radius 3 is 2.58 bits per heavy atom. The number of thiophene rings is 1. The number of likely N-dealkylation sites (tertiary alicyclic amines) is 1. The van der Waals surface area contributed by atoms with Crippen LogP contribution < -0.4 is 15.4 Å². The monoisotopic (exact) mass is 563 g/mol. The van der Waals surface area contributed by atoms with E-state index < -0.39 is 29.1 Å². The van der Waals surface area contributed by atoms with E-state index in [2.05, 4.69) is 10.6 Å². The highest BCUT2D eigenvalue weighted by molar-refractivity contribution is 7.09. The zero-order valence-corrected chi connectivity index (χ0v) is 23.9. The van der Waals surface area contributed by atoms with E-state index in [-0.39, 0.29) is 23.8 Å². The average molecular weight is 564 g/mol. The van der Waals surface area contributed by atoms with E-state index in [1.54, 1.807) is 23.3 Å². The maximum absolute atomic E-state index is 14.2. The quantitative estimate of drug-likeness (QED) is 0.455. The van der Waals surface area contributed by atoms with E-state index in [0.29, 0.717) is 19.5 Å². The molecule has 40 heavy (non-hydrogen) atoms. The van der Waals surface area contributed by atoms with Crippen molar-refractivity contribution in [2.45, 2.75) is 75.3 Å². The fourth-order valence-corrected chi connectivity index (χ4v) is 7.78. The average Bonchev–Trinajstić information content (AvgIpc) is 3.71.